The summed E-state index contributed by atoms with van der Waals surface area (Å²) in [6.07, 6.45) is 1.73. The second-order valence-electron chi connectivity index (χ2n) is 3.14. The Morgan fingerprint density at radius 1 is 1.46 bits per heavy atom. The summed E-state index contributed by atoms with van der Waals surface area (Å²) in [6.45, 7) is 5.56. The summed E-state index contributed by atoms with van der Waals surface area (Å²) in [5, 5.41) is 0. The number of benzene rings is 1. The van der Waals surface area contributed by atoms with Gasteiger partial charge in [-0.15, -0.1) is 6.58 Å². The second-order valence-corrected chi connectivity index (χ2v) is 3.14. The van der Waals surface area contributed by atoms with Gasteiger partial charge in [-0.2, -0.15) is 0 Å². The summed E-state index contributed by atoms with van der Waals surface area (Å²) in [5.74, 6) is -0.166. The third kappa shape index (κ3) is 2.16. The van der Waals surface area contributed by atoms with Crippen molar-refractivity contribution in [2.24, 2.45) is 11.7 Å². The highest BCUT2D eigenvalue weighted by Gasteiger charge is 2.14. The van der Waals surface area contributed by atoms with Crippen molar-refractivity contribution in [1.29, 1.82) is 0 Å². The average molecular weight is 179 g/mol. The average Bonchev–Trinajstić information content (AvgIpc) is 2.16. The Morgan fingerprint density at radius 2 is 2.08 bits per heavy atom. The predicted molar refractivity (Wildman–Crippen MR) is 52.7 cm³/mol. The molecular formula is C11H14FN. The van der Waals surface area contributed by atoms with Crippen LogP contribution in [-0.4, -0.2) is 0 Å². The summed E-state index contributed by atoms with van der Waals surface area (Å²) < 4.78 is 13.2. The Morgan fingerprint density at radius 3 is 2.62 bits per heavy atom. The Bertz CT molecular complexity index is 296. The minimum absolute atomic E-state index is 0.0805. The van der Waals surface area contributed by atoms with E-state index in [-0.39, 0.29) is 17.8 Å². The molecule has 1 aromatic rings. The monoisotopic (exact) mass is 179 g/mol. The van der Waals surface area contributed by atoms with E-state index in [0.29, 0.717) is 5.56 Å². The molecule has 2 atom stereocenters. The summed E-state index contributed by atoms with van der Waals surface area (Å²) >= 11 is 0. The molecule has 1 aromatic carbocycles. The van der Waals surface area contributed by atoms with Crippen molar-refractivity contribution in [3.63, 3.8) is 0 Å². The molecule has 0 unspecified atom stereocenters. The van der Waals surface area contributed by atoms with Crippen molar-refractivity contribution in [3.05, 3.63) is 48.3 Å². The zero-order valence-electron chi connectivity index (χ0n) is 7.70. The lowest BCUT2D eigenvalue weighted by Crippen LogP contribution is -2.18. The van der Waals surface area contributed by atoms with Gasteiger partial charge in [0.05, 0.1) is 0 Å². The maximum atomic E-state index is 13.2. The zero-order valence-corrected chi connectivity index (χ0v) is 7.70. The number of hydrogen-bond donors (Lipinski definition) is 1. The van der Waals surface area contributed by atoms with Crippen molar-refractivity contribution in [1.82, 2.24) is 0 Å². The van der Waals surface area contributed by atoms with Crippen LogP contribution in [0.2, 0.25) is 0 Å². The Balaban J connectivity index is 2.94. The Labute approximate surface area is 78.1 Å². The minimum atomic E-state index is -0.307. The molecule has 0 amide bonds. The molecule has 0 fully saturated rings. The van der Waals surface area contributed by atoms with Gasteiger partial charge in [0.2, 0.25) is 0 Å². The molecule has 0 aliphatic heterocycles. The lowest BCUT2D eigenvalue weighted by atomic mass is 9.95. The highest BCUT2D eigenvalue weighted by atomic mass is 19.1. The second kappa shape index (κ2) is 4.19. The molecule has 1 rings (SSSR count). The molecule has 13 heavy (non-hydrogen) atoms. The first-order chi connectivity index (χ1) is 6.16. The number of halogens is 1. The Hall–Kier alpha value is -1.15. The van der Waals surface area contributed by atoms with E-state index in [1.165, 1.54) is 6.07 Å². The summed E-state index contributed by atoms with van der Waals surface area (Å²) in [4.78, 5) is 0. The van der Waals surface area contributed by atoms with Gasteiger partial charge < -0.3 is 5.73 Å². The molecule has 70 valence electrons. The van der Waals surface area contributed by atoms with Gasteiger partial charge in [-0.05, 0) is 12.0 Å². The molecule has 1 nitrogen and oxygen atoms in total. The minimum Gasteiger partial charge on any atom is -0.323 e. The molecule has 0 radical (unpaired) electrons. The lowest BCUT2D eigenvalue weighted by molar-refractivity contribution is 0.521. The normalized spacial score (nSPS) is 15.0. The van der Waals surface area contributed by atoms with Crippen LogP contribution in [-0.2, 0) is 0 Å². The lowest BCUT2D eigenvalue weighted by Gasteiger charge is -2.17. The summed E-state index contributed by atoms with van der Waals surface area (Å²) in [5.41, 5.74) is 6.39. The Kier molecular flexibility index (Phi) is 3.20. The van der Waals surface area contributed by atoms with Crippen molar-refractivity contribution >= 4 is 0 Å². The largest absolute Gasteiger partial charge is 0.323 e. The molecule has 0 saturated heterocycles. The predicted octanol–water partition coefficient (Wildman–Crippen LogP) is 2.65. The first-order valence-electron chi connectivity index (χ1n) is 4.29. The van der Waals surface area contributed by atoms with Crippen LogP contribution in [0, 0.1) is 11.7 Å². The van der Waals surface area contributed by atoms with Gasteiger partial charge >= 0.3 is 0 Å². The van der Waals surface area contributed by atoms with Gasteiger partial charge in [0.25, 0.3) is 0 Å². The fraction of sp³-hybridized carbons (Fsp3) is 0.273. The molecule has 2 N–H and O–H groups in total. The third-order valence-corrected chi connectivity index (χ3v) is 2.20. The van der Waals surface area contributed by atoms with Crippen LogP contribution in [0.1, 0.15) is 18.5 Å². The molecule has 0 bridgehead atoms. The van der Waals surface area contributed by atoms with Gasteiger partial charge in [0, 0.05) is 11.6 Å². The van der Waals surface area contributed by atoms with Crippen LogP contribution in [0.25, 0.3) is 0 Å². The number of hydrogen-bond acceptors (Lipinski definition) is 1. The molecule has 0 saturated carbocycles. The third-order valence-electron chi connectivity index (χ3n) is 2.20. The maximum Gasteiger partial charge on any atom is 0.127 e. The van der Waals surface area contributed by atoms with Crippen molar-refractivity contribution in [2.75, 3.05) is 0 Å². The number of rotatable bonds is 3. The molecular weight excluding hydrogens is 165 g/mol. The fourth-order valence-corrected chi connectivity index (χ4v) is 1.18. The van der Waals surface area contributed by atoms with Crippen molar-refractivity contribution in [3.8, 4) is 0 Å². The SMILES string of the molecule is C=C[C@H](C)[C@@H](N)c1ccccc1F. The van der Waals surface area contributed by atoms with E-state index in [0.717, 1.165) is 0 Å². The van der Waals surface area contributed by atoms with Crippen LogP contribution >= 0.6 is 0 Å². The molecule has 0 aliphatic carbocycles. The van der Waals surface area contributed by atoms with Gasteiger partial charge in [-0.1, -0.05) is 31.2 Å². The van der Waals surface area contributed by atoms with Gasteiger partial charge in [-0.3, -0.25) is 0 Å². The van der Waals surface area contributed by atoms with Crippen LogP contribution in [0.4, 0.5) is 4.39 Å². The topological polar surface area (TPSA) is 26.0 Å². The highest BCUT2D eigenvalue weighted by Crippen LogP contribution is 2.21. The van der Waals surface area contributed by atoms with Crippen molar-refractivity contribution in [2.45, 2.75) is 13.0 Å². The first kappa shape index (κ1) is 9.93. The first-order valence-corrected chi connectivity index (χ1v) is 4.29. The molecule has 2 heteroatoms. The summed E-state index contributed by atoms with van der Waals surface area (Å²) in [7, 11) is 0. The standard InChI is InChI=1S/C11H14FN/c1-3-8(2)11(13)9-6-4-5-7-10(9)12/h3-8,11H,1,13H2,2H3/t8-,11+/m0/s1. The van der Waals surface area contributed by atoms with E-state index in [1.54, 1.807) is 24.3 Å². The number of nitrogens with two attached hydrogens (primary N) is 1. The molecule has 0 heterocycles. The van der Waals surface area contributed by atoms with E-state index in [9.17, 15) is 4.39 Å². The fourth-order valence-electron chi connectivity index (χ4n) is 1.18. The quantitative estimate of drug-likeness (QED) is 0.709. The van der Waals surface area contributed by atoms with Crippen molar-refractivity contribution < 1.29 is 4.39 Å². The van der Waals surface area contributed by atoms with E-state index in [1.807, 2.05) is 6.92 Å². The van der Waals surface area contributed by atoms with Crippen LogP contribution in [0.3, 0.4) is 0 Å². The van der Waals surface area contributed by atoms with E-state index < -0.39 is 0 Å². The van der Waals surface area contributed by atoms with Crippen LogP contribution in [0.15, 0.2) is 36.9 Å². The van der Waals surface area contributed by atoms with E-state index in [2.05, 4.69) is 6.58 Å². The maximum absolute atomic E-state index is 13.2. The highest BCUT2D eigenvalue weighted by molar-refractivity contribution is 5.22. The van der Waals surface area contributed by atoms with Crippen LogP contribution < -0.4 is 5.73 Å². The molecule has 0 aliphatic rings. The van der Waals surface area contributed by atoms with Gasteiger partial charge in [-0.25, -0.2) is 4.39 Å². The van der Waals surface area contributed by atoms with E-state index >= 15 is 0 Å². The molecule has 0 aromatic heterocycles. The van der Waals surface area contributed by atoms with Gasteiger partial charge in [0.1, 0.15) is 5.82 Å². The smallest absolute Gasteiger partial charge is 0.127 e. The van der Waals surface area contributed by atoms with E-state index in [4.69, 9.17) is 5.73 Å². The summed E-state index contributed by atoms with van der Waals surface area (Å²) in [6, 6.07) is 6.27. The molecule has 0 spiro atoms. The zero-order chi connectivity index (χ0) is 9.84. The van der Waals surface area contributed by atoms with Crippen LogP contribution in [0.5, 0.6) is 0 Å². The van der Waals surface area contributed by atoms with Gasteiger partial charge in [0.15, 0.2) is 0 Å².